The number of hydrogen-bond donors (Lipinski definition) is 1. The van der Waals surface area contributed by atoms with Gasteiger partial charge in [-0.1, -0.05) is 117 Å². The van der Waals surface area contributed by atoms with Crippen LogP contribution in [-0.2, 0) is 57.1 Å². The zero-order chi connectivity index (χ0) is 82.1. The van der Waals surface area contributed by atoms with Gasteiger partial charge >= 0.3 is 83.4 Å². The lowest BCUT2D eigenvalue weighted by atomic mass is 9.85. The van der Waals surface area contributed by atoms with Gasteiger partial charge in [-0.05, 0) is 175 Å². The first-order valence-corrected chi connectivity index (χ1v) is 38.0. The van der Waals surface area contributed by atoms with Crippen LogP contribution in [0.25, 0.3) is 110 Å². The SMILES string of the molecule is Cc1cc(-c2cc3ccccc3c3c2OP(=NS(=O)(=O)C(F)(F)F)(NP2(=NS(=O)(=O)C(F)(F)F)Oc4c(-c5cc(C(F)(F)F)cc(C(F)(F)F)c5)cc5ccccc5c4-c4c(c(-c5cc(C(F)(F)F)cc(C(F)(F)F)c5)cc5ccccc45)O2)Oc2c(-c4cc(C)cc(C(F)(F)F)c4)cc4ccccc4c2-3)cc(C(F)(F)F)c1. The highest BCUT2D eigenvalue weighted by Crippen LogP contribution is 2.72. The Labute approximate surface area is 619 Å². The number of nitrogens with zero attached hydrogens (tertiary/aromatic N) is 2. The van der Waals surface area contributed by atoms with Gasteiger partial charge in [-0.15, -0.1) is 4.86 Å². The third kappa shape index (κ3) is 14.7. The van der Waals surface area contributed by atoms with Crippen molar-refractivity contribution in [2.75, 3.05) is 0 Å². The Morgan fingerprint density at radius 3 is 0.699 bits per heavy atom. The average Bonchev–Trinajstić information content (AvgIpc) is 1.58. The van der Waals surface area contributed by atoms with Gasteiger partial charge in [0.25, 0.3) is 0 Å². The molecule has 0 aromatic heterocycles. The maximum absolute atomic E-state index is 16.1. The van der Waals surface area contributed by atoms with Gasteiger partial charge < -0.3 is 18.1 Å². The quantitative estimate of drug-likeness (QED) is 0.116. The smallest absolute Gasteiger partial charge is 0.417 e. The first-order chi connectivity index (χ1) is 52.2. The fraction of sp³-hybridized carbons (Fsp3) is 0.135. The number of halogens is 24. The zero-order valence-electron chi connectivity index (χ0n) is 55.9. The number of sulfonamides is 2. The second-order valence-electron chi connectivity index (χ2n) is 25.7. The van der Waals surface area contributed by atoms with Gasteiger partial charge in [-0.2, -0.15) is 122 Å². The summed E-state index contributed by atoms with van der Waals surface area (Å²) in [5.74, 6) is -6.04. The third-order valence-electron chi connectivity index (χ3n) is 17.9. The molecule has 2 heterocycles. The van der Waals surface area contributed by atoms with Crippen LogP contribution in [0.1, 0.15) is 44.5 Å². The van der Waals surface area contributed by atoms with Crippen LogP contribution in [-0.4, -0.2) is 27.9 Å². The summed E-state index contributed by atoms with van der Waals surface area (Å²) in [4.78, 5) is 1.69. The van der Waals surface area contributed by atoms with Gasteiger partial charge in [0.15, 0.2) is 0 Å². The first-order valence-electron chi connectivity index (χ1n) is 31.9. The predicted octanol–water partition coefficient (Wildman–Crippen LogP) is 26.5. The van der Waals surface area contributed by atoms with E-state index in [4.69, 9.17) is 18.1 Å². The molecule has 14 rings (SSSR count). The van der Waals surface area contributed by atoms with Gasteiger partial charge in [0, 0.05) is 44.5 Å². The van der Waals surface area contributed by atoms with Crippen molar-refractivity contribution in [1.82, 2.24) is 4.86 Å². The Morgan fingerprint density at radius 2 is 0.487 bits per heavy atom. The van der Waals surface area contributed by atoms with E-state index in [1.54, 1.807) is 4.86 Å². The van der Waals surface area contributed by atoms with E-state index in [-0.39, 0.29) is 56.9 Å². The van der Waals surface area contributed by atoms with E-state index in [0.29, 0.717) is 36.4 Å². The van der Waals surface area contributed by atoms with Crippen LogP contribution in [0.4, 0.5) is 105 Å². The van der Waals surface area contributed by atoms with Crippen molar-refractivity contribution in [3.8, 4) is 89.8 Å². The van der Waals surface area contributed by atoms with Gasteiger partial charge in [0.05, 0.1) is 33.4 Å². The summed E-state index contributed by atoms with van der Waals surface area (Å²) in [6, 6.07) is 23.8. The fourth-order valence-electron chi connectivity index (χ4n) is 13.2. The second-order valence-corrected chi connectivity index (χ2v) is 33.4. The van der Waals surface area contributed by atoms with E-state index in [9.17, 15) is 16.8 Å². The molecule has 588 valence electrons. The molecule has 0 saturated carbocycles. The molecule has 0 bridgehead atoms. The number of benzene rings is 12. The largest absolute Gasteiger partial charge is 0.518 e. The van der Waals surface area contributed by atoms with Crippen LogP contribution in [0.2, 0.25) is 0 Å². The molecule has 0 unspecified atom stereocenters. The van der Waals surface area contributed by atoms with Crippen LogP contribution >= 0.6 is 15.3 Å². The Bertz CT molecular complexity index is 6020. The van der Waals surface area contributed by atoms with E-state index in [1.165, 1.54) is 36.4 Å². The maximum Gasteiger partial charge on any atom is 0.518 e. The molecule has 12 aromatic carbocycles. The molecular weight excluding hydrogens is 1640 g/mol. The fourth-order valence-corrected chi connectivity index (χ4v) is 21.5. The molecule has 11 nitrogen and oxygen atoms in total. The van der Waals surface area contributed by atoms with E-state index in [0.717, 1.165) is 98.8 Å². The number of fused-ring (bicyclic) bond motifs is 14. The van der Waals surface area contributed by atoms with Crippen LogP contribution < -0.4 is 23.0 Å². The monoisotopic (exact) mass is 1680 g/mol. The lowest BCUT2D eigenvalue weighted by Crippen LogP contribution is -2.28. The number of aryl methyl sites for hydroxylation is 2. The molecule has 39 heteroatoms. The van der Waals surface area contributed by atoms with Crippen molar-refractivity contribution in [3.05, 3.63) is 239 Å². The first kappa shape index (κ1) is 79.2. The van der Waals surface area contributed by atoms with Gasteiger partial charge in [0.2, 0.25) is 0 Å². The van der Waals surface area contributed by atoms with Crippen molar-refractivity contribution in [2.45, 2.75) is 61.9 Å². The number of alkyl halides is 24. The number of rotatable bonds is 8. The number of nitrogens with one attached hydrogen (secondary N) is 1. The highest BCUT2D eigenvalue weighted by Gasteiger charge is 2.57. The van der Waals surface area contributed by atoms with Gasteiger partial charge in [-0.25, -0.2) is 0 Å². The average molecular weight is 1680 g/mol. The summed E-state index contributed by atoms with van der Waals surface area (Å²) in [5.41, 5.74) is -39.2. The molecule has 2 aliphatic heterocycles. The second kappa shape index (κ2) is 26.6. The molecule has 1 N–H and O–H groups in total. The Kier molecular flexibility index (Phi) is 18.6. The van der Waals surface area contributed by atoms with Crippen molar-refractivity contribution in [3.63, 3.8) is 0 Å². The highest BCUT2D eigenvalue weighted by atomic mass is 32.2. The molecule has 12 aromatic rings. The van der Waals surface area contributed by atoms with Crippen LogP contribution in [0.5, 0.6) is 23.0 Å². The molecule has 0 spiro atoms. The summed E-state index contributed by atoms with van der Waals surface area (Å²) >= 11 is 0. The summed E-state index contributed by atoms with van der Waals surface area (Å²) in [5, 5.41) is -2.99. The Balaban J connectivity index is 1.26. The normalized spacial score (nSPS) is 14.9. The highest BCUT2D eigenvalue weighted by molar-refractivity contribution is 7.96. The minimum atomic E-state index is -7.96. The van der Waals surface area contributed by atoms with E-state index in [1.807, 2.05) is 0 Å². The minimum absolute atomic E-state index is 0.0730. The molecule has 2 aliphatic rings. The molecule has 113 heavy (non-hydrogen) atoms. The topological polar surface area (TPSA) is 142 Å². The molecular formula is C74H39F24N3O8P2S2. The summed E-state index contributed by atoms with van der Waals surface area (Å²) in [6.45, 7) is 2.13. The molecule has 0 aliphatic carbocycles. The van der Waals surface area contributed by atoms with Crippen molar-refractivity contribution >= 4 is 78.5 Å². The van der Waals surface area contributed by atoms with Gasteiger partial charge in [0.1, 0.15) is 23.0 Å². The zero-order valence-corrected chi connectivity index (χ0v) is 59.3. The van der Waals surface area contributed by atoms with Crippen LogP contribution in [0, 0.1) is 13.8 Å². The van der Waals surface area contributed by atoms with Crippen molar-refractivity contribution in [1.29, 1.82) is 0 Å². The lowest BCUT2D eigenvalue weighted by Gasteiger charge is -2.32. The molecule has 0 atom stereocenters. The van der Waals surface area contributed by atoms with Crippen LogP contribution in [0.3, 0.4) is 0 Å². The number of hydrogen-bond acceptors (Lipinski definition) is 8. The predicted molar refractivity (Wildman–Crippen MR) is 369 cm³/mol. The van der Waals surface area contributed by atoms with E-state index in [2.05, 4.69) is 8.30 Å². The lowest BCUT2D eigenvalue weighted by molar-refractivity contribution is -0.144. The molecule has 0 amide bonds. The third-order valence-corrected chi connectivity index (χ3v) is 26.2. The summed E-state index contributed by atoms with van der Waals surface area (Å²) < 4.78 is 463. The maximum atomic E-state index is 16.1. The molecule has 0 saturated heterocycles. The minimum Gasteiger partial charge on any atom is -0.417 e. The molecule has 0 radical (unpaired) electrons. The van der Waals surface area contributed by atoms with Crippen LogP contribution in [0.15, 0.2) is 202 Å². The van der Waals surface area contributed by atoms with Crippen molar-refractivity contribution < 1.29 is 140 Å². The van der Waals surface area contributed by atoms with Gasteiger partial charge in [-0.3, -0.25) is 0 Å². The summed E-state index contributed by atoms with van der Waals surface area (Å²) in [6.07, 6.45) is -34.2. The van der Waals surface area contributed by atoms with Crippen molar-refractivity contribution in [2.24, 2.45) is 8.30 Å². The van der Waals surface area contributed by atoms with E-state index < -0.39 is 240 Å². The summed E-state index contributed by atoms with van der Waals surface area (Å²) in [7, 11) is -31.0. The Hall–Kier alpha value is -10.5. The standard InChI is InChI=1S/C74H39F24N3O8P2S2/c1-35-19-41(23-45(21-35)67(75,76)77)55-29-37-11-3-7-15-51(37)59-60-52-16-8-4-12-38(52)30-56(42-20-36(2)22-46(24-42)68(78,79)80)64(60)107-110(106-63(55)59,100-112(102,103)73(93,94)95)99-111(101-113(104,105)74(96,97)98)108-65-57(43-25-47(69(81,82)83)33-48(26-43)70(84,85)86)31-39-13-5-9-17-53(39)61(65)62-54-18-10-6-14-40(54)32-58(66(62)109-111)44-27-49(71(87,88)89)34-50(28-44)72(90,91)92/h3-34,99H,1-2H3. The molecule has 0 fully saturated rings. The Morgan fingerprint density at radius 1 is 0.283 bits per heavy atom. The van der Waals surface area contributed by atoms with E-state index >= 15 is 105 Å².